The number of halogens is 2. The summed E-state index contributed by atoms with van der Waals surface area (Å²) in [5, 5.41) is 4.66. The van der Waals surface area contributed by atoms with E-state index in [0.29, 0.717) is 27.1 Å². The Labute approximate surface area is 577 Å². The average Bonchev–Trinajstić information content (AvgIpc) is 1.95. The van der Waals surface area contributed by atoms with Crippen LogP contribution in [-0.4, -0.2) is 24.2 Å². The van der Waals surface area contributed by atoms with E-state index in [2.05, 4.69) is 225 Å². The van der Waals surface area contributed by atoms with Gasteiger partial charge in [-0.05, 0) is 0 Å². The van der Waals surface area contributed by atoms with Gasteiger partial charge in [0.25, 0.3) is 0 Å². The molecule has 6 aliphatic rings. The second-order valence-electron chi connectivity index (χ2n) is 31.4. The number of fused-ring (bicyclic) bond motifs is 3. The van der Waals surface area contributed by atoms with Crippen molar-refractivity contribution < 1.29 is 72.8 Å². The third-order valence-electron chi connectivity index (χ3n) is 22.3. The first-order valence-corrected chi connectivity index (χ1v) is 49.2. The van der Waals surface area contributed by atoms with Crippen LogP contribution in [0.2, 0.25) is 58.9 Å². The summed E-state index contributed by atoms with van der Waals surface area (Å²) in [5.74, 6) is 0. The quantitative estimate of drug-likeness (QED) is 0.0709. The predicted molar refractivity (Wildman–Crippen MR) is 378 cm³/mol. The standard InChI is InChI=1S/2C28H37Si.C25H31Si.2ClH.2Zr/c2*1-5-16-28(17-7-6-8-18-28)21-22-19-24-10-9-11-26(27(24)20-22)23-12-14-25(15-13-23)29(2,3)4;1-5-25(14-7-15-25)18-19-16-21-8-6-9-23(24(21)17-19)20-10-12-22(13-11-20)26(2,3)4;;;;/h2*9-15,19-20H,5-8,16-18,21H2,1-4H3;6,8-13,16-17H,5,7,14-15,18H2,1-4H3;2*1H;;/q;;;;;+2;+3/p-2. The Morgan fingerprint density at radius 1 is 0.386 bits per heavy atom. The van der Waals surface area contributed by atoms with E-state index in [9.17, 15) is 0 Å². The first-order valence-electron chi connectivity index (χ1n) is 34.5. The number of allylic oxidation sites excluding steroid dienone is 3. The summed E-state index contributed by atoms with van der Waals surface area (Å²) in [6.45, 7) is 29.4. The molecule has 0 aromatic heterocycles. The Kier molecular flexibility index (Phi) is 23.1. The van der Waals surface area contributed by atoms with Crippen LogP contribution >= 0.6 is 0 Å². The SMILES string of the molecule is CCC1(CC2=Cc3c(-c4ccc([Si](C)(C)C)cc4)cccc3[CH]2[Zr+3])CCC1.CCCC1(CC2=Cc3c(-c4ccc([Si](C)(C)C)cc4)cccc3[CH]2[Zr+2][CH]2C(CC3(CCC)CCCCC3)=Cc3c(-c4ccc([Si](C)(C)C)cc4)cccc32)CCCCC1.[Cl-].[Cl-]. The molecule has 7 heteroatoms. The number of rotatable bonds is 19. The molecule has 3 saturated carbocycles. The topological polar surface area (TPSA) is 0 Å². The fourth-order valence-corrected chi connectivity index (χ4v) is 26.4. The van der Waals surface area contributed by atoms with Gasteiger partial charge < -0.3 is 24.8 Å². The summed E-state index contributed by atoms with van der Waals surface area (Å²) in [6, 6.07) is 50.9. The molecule has 3 fully saturated rings. The van der Waals surface area contributed by atoms with Gasteiger partial charge in [0.15, 0.2) is 0 Å². The molecular weight excluding hydrogens is 1310 g/mol. The maximum atomic E-state index is 2.78. The van der Waals surface area contributed by atoms with Crippen molar-refractivity contribution in [1.29, 1.82) is 0 Å². The molecule has 3 atom stereocenters. The van der Waals surface area contributed by atoms with Crippen LogP contribution in [0, 0.1) is 16.2 Å². The van der Waals surface area contributed by atoms with Crippen molar-refractivity contribution in [1.82, 2.24) is 0 Å². The van der Waals surface area contributed by atoms with Gasteiger partial charge >= 0.3 is 558 Å². The van der Waals surface area contributed by atoms with Crippen LogP contribution in [0.5, 0.6) is 0 Å². The van der Waals surface area contributed by atoms with Crippen LogP contribution in [0.4, 0.5) is 0 Å². The van der Waals surface area contributed by atoms with E-state index in [1.807, 2.05) is 11.1 Å². The van der Waals surface area contributed by atoms with Gasteiger partial charge in [-0.3, -0.25) is 0 Å². The van der Waals surface area contributed by atoms with E-state index < -0.39 is 47.5 Å². The zero-order valence-electron chi connectivity index (χ0n) is 56.2. The first-order chi connectivity index (χ1) is 41.1. The molecule has 0 nitrogen and oxygen atoms in total. The van der Waals surface area contributed by atoms with Crippen molar-refractivity contribution in [2.75, 3.05) is 0 Å². The second kappa shape index (κ2) is 29.0. The minimum atomic E-state index is -1.37. The van der Waals surface area contributed by atoms with E-state index in [0.717, 1.165) is 0 Å². The zero-order chi connectivity index (χ0) is 60.7. The molecule has 12 rings (SSSR count). The van der Waals surface area contributed by atoms with E-state index in [-0.39, 0.29) is 24.8 Å². The minimum absolute atomic E-state index is 0. The van der Waals surface area contributed by atoms with Gasteiger partial charge in [-0.2, -0.15) is 0 Å². The van der Waals surface area contributed by atoms with Crippen LogP contribution in [0.3, 0.4) is 0 Å². The molecule has 0 radical (unpaired) electrons. The molecule has 0 bridgehead atoms. The van der Waals surface area contributed by atoms with Gasteiger partial charge in [0, 0.05) is 0 Å². The van der Waals surface area contributed by atoms with E-state index in [1.165, 1.54) is 174 Å². The summed E-state index contributed by atoms with van der Waals surface area (Å²) in [6.07, 6.45) is 37.4. The summed E-state index contributed by atoms with van der Waals surface area (Å²) in [7, 11) is -3.98. The first kappa shape index (κ1) is 69.9. The molecule has 460 valence electrons. The molecule has 88 heavy (non-hydrogen) atoms. The zero-order valence-corrected chi connectivity index (χ0v) is 65.6. The van der Waals surface area contributed by atoms with Gasteiger partial charge in [0.1, 0.15) is 0 Å². The van der Waals surface area contributed by atoms with E-state index in [4.69, 9.17) is 0 Å². The second-order valence-corrected chi connectivity index (χ2v) is 51.7. The number of hydrogen-bond donors (Lipinski definition) is 0. The molecule has 6 aromatic rings. The van der Waals surface area contributed by atoms with Crippen molar-refractivity contribution in [2.24, 2.45) is 16.2 Å². The van der Waals surface area contributed by atoms with Crippen LogP contribution in [-0.2, 0) is 48.0 Å². The fraction of sp³-hybridized carbons (Fsp3) is 0.481. The monoisotopic (exact) mass is 1410 g/mol. The third kappa shape index (κ3) is 15.2. The van der Waals surface area contributed by atoms with Gasteiger partial charge in [0.2, 0.25) is 0 Å². The molecule has 0 N–H and O–H groups in total. The summed E-state index contributed by atoms with van der Waals surface area (Å²) in [5.41, 5.74) is 25.0. The molecule has 0 saturated heterocycles. The number of hydrogen-bond acceptors (Lipinski definition) is 0. The molecule has 0 aliphatic heterocycles. The number of benzene rings is 6. The van der Waals surface area contributed by atoms with Crippen LogP contribution < -0.4 is 40.4 Å². The van der Waals surface area contributed by atoms with Crippen LogP contribution in [0.1, 0.15) is 200 Å². The molecular formula is C81H105Cl2Si3Zr2+3. The fourth-order valence-electron chi connectivity index (χ4n) is 16.9. The van der Waals surface area contributed by atoms with E-state index >= 15 is 0 Å². The van der Waals surface area contributed by atoms with Crippen LogP contribution in [0.15, 0.2) is 144 Å². The Morgan fingerprint density at radius 2 is 0.705 bits per heavy atom. The third-order valence-corrected chi connectivity index (χ3v) is 35.1. The average molecular weight is 1420 g/mol. The Bertz CT molecular complexity index is 3270. The molecule has 3 unspecified atom stereocenters. The molecule has 6 aliphatic carbocycles. The maximum Gasteiger partial charge on any atom is -1.00 e. The molecule has 0 spiro atoms. The summed E-state index contributed by atoms with van der Waals surface area (Å²) in [4.78, 5) is 0. The van der Waals surface area contributed by atoms with Gasteiger partial charge in [-0.25, -0.2) is 0 Å². The van der Waals surface area contributed by atoms with Crippen molar-refractivity contribution in [3.63, 3.8) is 0 Å². The molecule has 0 heterocycles. The van der Waals surface area contributed by atoms with Crippen molar-refractivity contribution in [3.05, 3.63) is 177 Å². The van der Waals surface area contributed by atoms with Gasteiger partial charge in [0.05, 0.1) is 0 Å². The predicted octanol–water partition coefficient (Wildman–Crippen LogP) is 16.9. The van der Waals surface area contributed by atoms with Gasteiger partial charge in [-0.15, -0.1) is 0 Å². The summed E-state index contributed by atoms with van der Waals surface area (Å²) >= 11 is 0.534. The largest absolute Gasteiger partial charge is 1.00 e. The van der Waals surface area contributed by atoms with Crippen molar-refractivity contribution in [3.8, 4) is 33.4 Å². The van der Waals surface area contributed by atoms with E-state index in [1.54, 1.807) is 73.7 Å². The molecule has 6 aromatic carbocycles. The van der Waals surface area contributed by atoms with Gasteiger partial charge in [-0.1, -0.05) is 0 Å². The normalized spacial score (nSPS) is 20.5. The Morgan fingerprint density at radius 3 is 1.02 bits per heavy atom. The summed E-state index contributed by atoms with van der Waals surface area (Å²) < 4.78 is 1.91. The smallest absolute Gasteiger partial charge is 1.00 e. The van der Waals surface area contributed by atoms with Crippen molar-refractivity contribution in [2.45, 2.75) is 225 Å². The van der Waals surface area contributed by atoms with Crippen molar-refractivity contribution >= 4 is 58.0 Å². The van der Waals surface area contributed by atoms with Crippen LogP contribution in [0.25, 0.3) is 51.6 Å². The Hall–Kier alpha value is -2.46. The maximum absolute atomic E-state index is 2.78. The molecule has 0 amide bonds. The minimum Gasteiger partial charge on any atom is -1.00 e. The Balaban J connectivity index is 0.000000266.